The van der Waals surface area contributed by atoms with Gasteiger partial charge in [-0.2, -0.15) is 0 Å². The zero-order valence-corrected chi connectivity index (χ0v) is 13.8. The van der Waals surface area contributed by atoms with Crippen molar-refractivity contribution in [3.8, 4) is 0 Å². The number of carbonyl (C=O) groups is 1. The summed E-state index contributed by atoms with van der Waals surface area (Å²) in [5.41, 5.74) is 3.68. The van der Waals surface area contributed by atoms with Crippen LogP contribution in [0.1, 0.15) is 34.1 Å². The lowest BCUT2D eigenvalue weighted by Crippen LogP contribution is -2.09. The van der Waals surface area contributed by atoms with E-state index in [0.717, 1.165) is 27.8 Å². The molecule has 0 bridgehead atoms. The Labute approximate surface area is 132 Å². The van der Waals surface area contributed by atoms with Gasteiger partial charge < -0.3 is 10.4 Å². The van der Waals surface area contributed by atoms with Gasteiger partial charge in [-0.25, -0.2) is 9.78 Å². The number of pyridine rings is 1. The number of hydrogen-bond donors (Lipinski definition) is 2. The summed E-state index contributed by atoms with van der Waals surface area (Å²) in [5.74, 6) is -0.588. The van der Waals surface area contributed by atoms with Crippen LogP contribution in [0, 0.1) is 13.8 Å². The lowest BCUT2D eigenvalue weighted by Gasteiger charge is -2.14. The van der Waals surface area contributed by atoms with Crippen LogP contribution >= 0.6 is 15.9 Å². The molecule has 2 aromatic rings. The number of aryl methyl sites for hydroxylation is 3. The minimum Gasteiger partial charge on any atom is -0.478 e. The molecule has 1 heterocycles. The smallest absolute Gasteiger partial charge is 0.339 e. The monoisotopic (exact) mass is 348 g/mol. The standard InChI is InChI=1S/C16H17BrN2O2/c1-4-11-8-12(17)5-6-13(11)19-15-14(16(20)21)9(2)7-10(3)18-15/h5-8H,4H2,1-3H3,(H,18,19)(H,20,21). The Morgan fingerprint density at radius 3 is 2.67 bits per heavy atom. The van der Waals surface area contributed by atoms with Gasteiger partial charge in [0.15, 0.2) is 0 Å². The van der Waals surface area contributed by atoms with Gasteiger partial charge in [0.05, 0.1) is 0 Å². The van der Waals surface area contributed by atoms with E-state index in [1.807, 2.05) is 25.1 Å². The van der Waals surface area contributed by atoms with Crippen molar-refractivity contribution < 1.29 is 9.90 Å². The molecule has 0 aliphatic rings. The van der Waals surface area contributed by atoms with Crippen molar-refractivity contribution >= 4 is 33.4 Å². The van der Waals surface area contributed by atoms with E-state index in [4.69, 9.17) is 0 Å². The molecule has 110 valence electrons. The van der Waals surface area contributed by atoms with Gasteiger partial charge in [-0.05, 0) is 55.7 Å². The van der Waals surface area contributed by atoms with E-state index in [-0.39, 0.29) is 5.56 Å². The third kappa shape index (κ3) is 3.42. The highest BCUT2D eigenvalue weighted by Crippen LogP contribution is 2.27. The molecule has 0 amide bonds. The second-order valence-corrected chi connectivity index (χ2v) is 5.80. The first-order chi connectivity index (χ1) is 9.92. The number of aromatic nitrogens is 1. The molecule has 0 fully saturated rings. The maximum atomic E-state index is 11.5. The van der Waals surface area contributed by atoms with Gasteiger partial charge in [0.2, 0.25) is 0 Å². The van der Waals surface area contributed by atoms with Gasteiger partial charge in [-0.15, -0.1) is 0 Å². The number of halogens is 1. The summed E-state index contributed by atoms with van der Waals surface area (Å²) in [6, 6.07) is 7.64. The average Bonchev–Trinajstić information content (AvgIpc) is 2.39. The van der Waals surface area contributed by atoms with Crippen LogP contribution in [0.3, 0.4) is 0 Å². The average molecular weight is 349 g/mol. The number of nitrogens with zero attached hydrogens (tertiary/aromatic N) is 1. The number of rotatable bonds is 4. The van der Waals surface area contributed by atoms with Crippen LogP contribution in [0.4, 0.5) is 11.5 Å². The largest absolute Gasteiger partial charge is 0.478 e. The van der Waals surface area contributed by atoms with Crippen LogP contribution in [0.5, 0.6) is 0 Å². The van der Waals surface area contributed by atoms with E-state index in [0.29, 0.717) is 11.4 Å². The number of nitrogens with one attached hydrogen (secondary N) is 1. The molecule has 2 N–H and O–H groups in total. The summed E-state index contributed by atoms with van der Waals surface area (Å²) in [5, 5.41) is 12.6. The van der Waals surface area contributed by atoms with Crippen molar-refractivity contribution in [3.05, 3.63) is 51.1 Å². The zero-order chi connectivity index (χ0) is 15.6. The maximum absolute atomic E-state index is 11.5. The summed E-state index contributed by atoms with van der Waals surface area (Å²) in [7, 11) is 0. The van der Waals surface area contributed by atoms with Crippen LogP contribution in [0.25, 0.3) is 0 Å². The first-order valence-corrected chi connectivity index (χ1v) is 7.48. The van der Waals surface area contributed by atoms with Crippen LogP contribution in [0.2, 0.25) is 0 Å². The Morgan fingerprint density at radius 2 is 2.05 bits per heavy atom. The minimum atomic E-state index is -0.974. The molecule has 0 radical (unpaired) electrons. The van der Waals surface area contributed by atoms with E-state index < -0.39 is 5.97 Å². The fourth-order valence-corrected chi connectivity index (χ4v) is 2.71. The number of benzene rings is 1. The quantitative estimate of drug-likeness (QED) is 0.855. The molecular formula is C16H17BrN2O2. The number of carboxylic acids is 1. The normalized spacial score (nSPS) is 10.5. The van der Waals surface area contributed by atoms with Crippen molar-refractivity contribution in [3.63, 3.8) is 0 Å². The third-order valence-corrected chi connectivity index (χ3v) is 3.75. The maximum Gasteiger partial charge on any atom is 0.339 e. The fraction of sp³-hybridized carbons (Fsp3) is 0.250. The first kappa shape index (κ1) is 15.5. The Balaban J connectivity index is 2.51. The Kier molecular flexibility index (Phi) is 4.63. The van der Waals surface area contributed by atoms with Gasteiger partial charge in [0.1, 0.15) is 11.4 Å². The summed E-state index contributed by atoms with van der Waals surface area (Å²) in [6.07, 6.45) is 0.842. The van der Waals surface area contributed by atoms with Crippen molar-refractivity contribution in [2.24, 2.45) is 0 Å². The van der Waals surface area contributed by atoms with Crippen LogP contribution in [-0.4, -0.2) is 16.1 Å². The fourth-order valence-electron chi connectivity index (χ4n) is 2.30. The molecule has 1 aromatic heterocycles. The van der Waals surface area contributed by atoms with E-state index >= 15 is 0 Å². The van der Waals surface area contributed by atoms with E-state index in [1.54, 1.807) is 13.0 Å². The molecule has 1 aromatic carbocycles. The lowest BCUT2D eigenvalue weighted by atomic mass is 10.1. The van der Waals surface area contributed by atoms with E-state index in [9.17, 15) is 9.90 Å². The molecule has 0 spiro atoms. The van der Waals surface area contributed by atoms with Gasteiger partial charge in [0.25, 0.3) is 0 Å². The molecule has 2 rings (SSSR count). The number of hydrogen-bond acceptors (Lipinski definition) is 3. The Bertz CT molecular complexity index is 699. The van der Waals surface area contributed by atoms with Crippen molar-refractivity contribution in [1.82, 2.24) is 4.98 Å². The second kappa shape index (κ2) is 6.26. The number of anilines is 2. The zero-order valence-electron chi connectivity index (χ0n) is 12.2. The van der Waals surface area contributed by atoms with Crippen LogP contribution in [-0.2, 0) is 6.42 Å². The predicted molar refractivity (Wildman–Crippen MR) is 87.5 cm³/mol. The Hall–Kier alpha value is -1.88. The molecule has 4 nitrogen and oxygen atoms in total. The van der Waals surface area contributed by atoms with Crippen molar-refractivity contribution in [2.75, 3.05) is 5.32 Å². The second-order valence-electron chi connectivity index (χ2n) is 4.89. The van der Waals surface area contributed by atoms with Gasteiger partial charge in [-0.1, -0.05) is 22.9 Å². The summed E-state index contributed by atoms with van der Waals surface area (Å²) >= 11 is 3.45. The van der Waals surface area contributed by atoms with Crippen LogP contribution < -0.4 is 5.32 Å². The predicted octanol–water partition coefficient (Wildman–Crippen LogP) is 4.47. The van der Waals surface area contributed by atoms with E-state index in [1.165, 1.54) is 0 Å². The molecule has 0 saturated carbocycles. The summed E-state index contributed by atoms with van der Waals surface area (Å²) < 4.78 is 0.997. The molecule has 21 heavy (non-hydrogen) atoms. The van der Waals surface area contributed by atoms with Crippen molar-refractivity contribution in [2.45, 2.75) is 27.2 Å². The first-order valence-electron chi connectivity index (χ1n) is 6.69. The van der Waals surface area contributed by atoms with Gasteiger partial charge in [0, 0.05) is 15.9 Å². The molecule has 5 heteroatoms. The third-order valence-electron chi connectivity index (χ3n) is 3.26. The van der Waals surface area contributed by atoms with Crippen LogP contribution in [0.15, 0.2) is 28.7 Å². The lowest BCUT2D eigenvalue weighted by molar-refractivity contribution is 0.0697. The van der Waals surface area contributed by atoms with Gasteiger partial charge in [-0.3, -0.25) is 0 Å². The topological polar surface area (TPSA) is 62.2 Å². The highest BCUT2D eigenvalue weighted by Gasteiger charge is 2.16. The number of carboxylic acid groups (broad SMARTS) is 1. The number of aromatic carboxylic acids is 1. The highest BCUT2D eigenvalue weighted by molar-refractivity contribution is 9.10. The minimum absolute atomic E-state index is 0.213. The Morgan fingerprint density at radius 1 is 1.33 bits per heavy atom. The highest BCUT2D eigenvalue weighted by atomic mass is 79.9. The molecule has 0 aliphatic heterocycles. The molecule has 0 saturated heterocycles. The van der Waals surface area contributed by atoms with Gasteiger partial charge >= 0.3 is 5.97 Å². The molecule has 0 atom stereocenters. The SMILES string of the molecule is CCc1cc(Br)ccc1Nc1nc(C)cc(C)c1C(=O)O. The summed E-state index contributed by atoms with van der Waals surface area (Å²) in [6.45, 7) is 5.69. The summed E-state index contributed by atoms with van der Waals surface area (Å²) in [4.78, 5) is 15.8. The van der Waals surface area contributed by atoms with E-state index in [2.05, 4.69) is 33.2 Å². The molecule has 0 unspecified atom stereocenters. The molecular weight excluding hydrogens is 332 g/mol. The molecule has 0 aliphatic carbocycles. The van der Waals surface area contributed by atoms with Crippen molar-refractivity contribution in [1.29, 1.82) is 0 Å².